The molecule has 6 nitrogen and oxygen atoms in total. The number of rotatable bonds is 7. The Hall–Kier alpha value is -1.37. The number of halogens is 1. The molecule has 0 unspecified atom stereocenters. The monoisotopic (exact) mass is 304 g/mol. The molecule has 0 aliphatic rings. The lowest BCUT2D eigenvalue weighted by molar-refractivity contribution is -0.386. The highest BCUT2D eigenvalue weighted by atomic mass is 79.9. The van der Waals surface area contributed by atoms with Gasteiger partial charge >= 0.3 is 5.69 Å². The highest BCUT2D eigenvalue weighted by Gasteiger charge is 2.17. The fraction of sp³-hybridized carbons (Fsp3) is 0.500. The van der Waals surface area contributed by atoms with Crippen molar-refractivity contribution in [2.24, 2.45) is 0 Å². The van der Waals surface area contributed by atoms with Crippen LogP contribution in [-0.4, -0.2) is 28.5 Å². The minimum absolute atomic E-state index is 0.00176. The average molecular weight is 305 g/mol. The van der Waals surface area contributed by atoms with Crippen LogP contribution in [0.5, 0.6) is 11.8 Å². The Labute approximate surface area is 107 Å². The highest BCUT2D eigenvalue weighted by Crippen LogP contribution is 2.27. The molecule has 1 rings (SSSR count). The van der Waals surface area contributed by atoms with Crippen LogP contribution in [0.25, 0.3) is 0 Å². The first kappa shape index (κ1) is 13.7. The van der Waals surface area contributed by atoms with Crippen LogP contribution in [0.4, 0.5) is 5.69 Å². The summed E-state index contributed by atoms with van der Waals surface area (Å²) in [6.07, 6.45) is 0.748. The van der Waals surface area contributed by atoms with Gasteiger partial charge in [-0.2, -0.15) is 4.98 Å². The maximum absolute atomic E-state index is 10.8. The molecule has 0 amide bonds. The zero-order valence-corrected chi connectivity index (χ0v) is 11.0. The molecule has 0 bridgehead atoms. The van der Waals surface area contributed by atoms with Gasteiger partial charge in [0.2, 0.25) is 5.88 Å². The summed E-state index contributed by atoms with van der Waals surface area (Å²) in [6.45, 7) is 2.63. The Morgan fingerprint density at radius 2 is 2.24 bits per heavy atom. The lowest BCUT2D eigenvalue weighted by Crippen LogP contribution is -2.04. The Balaban J connectivity index is 2.86. The molecule has 0 radical (unpaired) electrons. The second kappa shape index (κ2) is 7.05. The first-order valence-electron chi connectivity index (χ1n) is 5.16. The molecule has 17 heavy (non-hydrogen) atoms. The van der Waals surface area contributed by atoms with Crippen LogP contribution in [0, 0.1) is 10.1 Å². The van der Waals surface area contributed by atoms with Crippen LogP contribution in [0.15, 0.2) is 12.1 Å². The van der Waals surface area contributed by atoms with Gasteiger partial charge in [-0.1, -0.05) is 15.9 Å². The third-order valence-electron chi connectivity index (χ3n) is 1.82. The normalized spacial score (nSPS) is 10.0. The van der Waals surface area contributed by atoms with Gasteiger partial charge in [0, 0.05) is 17.5 Å². The summed E-state index contributed by atoms with van der Waals surface area (Å²) >= 11 is 3.25. The average Bonchev–Trinajstić information content (AvgIpc) is 2.30. The van der Waals surface area contributed by atoms with E-state index in [4.69, 9.17) is 9.47 Å². The lowest BCUT2D eigenvalue weighted by Gasteiger charge is -2.07. The number of nitro groups is 1. The minimum atomic E-state index is -0.522. The molecule has 0 atom stereocenters. The maximum Gasteiger partial charge on any atom is 0.331 e. The third kappa shape index (κ3) is 4.18. The Kier molecular flexibility index (Phi) is 5.68. The molecule has 1 aromatic rings. The van der Waals surface area contributed by atoms with E-state index >= 15 is 0 Å². The molecule has 1 aromatic heterocycles. The van der Waals surface area contributed by atoms with E-state index in [0.717, 1.165) is 11.8 Å². The van der Waals surface area contributed by atoms with E-state index in [1.54, 1.807) is 0 Å². The fourth-order valence-electron chi connectivity index (χ4n) is 1.11. The van der Waals surface area contributed by atoms with E-state index in [0.29, 0.717) is 19.1 Å². The molecule has 0 spiro atoms. The third-order valence-corrected chi connectivity index (χ3v) is 2.38. The van der Waals surface area contributed by atoms with E-state index in [9.17, 15) is 10.1 Å². The summed E-state index contributed by atoms with van der Waals surface area (Å²) in [7, 11) is 0. The fourth-order valence-corrected chi connectivity index (χ4v) is 1.34. The summed E-state index contributed by atoms with van der Waals surface area (Å²) in [5.41, 5.74) is -0.150. The lowest BCUT2D eigenvalue weighted by atomic mass is 10.4. The van der Waals surface area contributed by atoms with Gasteiger partial charge in [-0.3, -0.25) is 10.1 Å². The molecule has 0 N–H and O–H groups in total. The van der Waals surface area contributed by atoms with Gasteiger partial charge in [-0.05, 0) is 13.3 Å². The second-order valence-corrected chi connectivity index (χ2v) is 3.85. The molecule has 0 aromatic carbocycles. The van der Waals surface area contributed by atoms with Crippen molar-refractivity contribution in [2.75, 3.05) is 18.5 Å². The van der Waals surface area contributed by atoms with Gasteiger partial charge in [-0.15, -0.1) is 0 Å². The number of hydrogen-bond acceptors (Lipinski definition) is 5. The molecular formula is C10H13BrN2O4. The van der Waals surface area contributed by atoms with E-state index < -0.39 is 4.92 Å². The summed E-state index contributed by atoms with van der Waals surface area (Å²) in [5.74, 6) is 0.328. The Bertz CT molecular complexity index is 387. The molecule has 0 saturated heterocycles. The van der Waals surface area contributed by atoms with Crippen LogP contribution in [-0.2, 0) is 0 Å². The van der Waals surface area contributed by atoms with Crippen LogP contribution in [0.3, 0.4) is 0 Å². The standard InChI is InChI=1S/C10H13BrN2O4/c1-2-16-9-5-4-8(13(14)15)10(12-9)17-7-3-6-11/h4-5H,2-3,6-7H2,1H3. The predicted molar refractivity (Wildman–Crippen MR) is 66.0 cm³/mol. The minimum Gasteiger partial charge on any atom is -0.478 e. The Morgan fingerprint density at radius 1 is 1.47 bits per heavy atom. The van der Waals surface area contributed by atoms with E-state index in [-0.39, 0.29) is 11.6 Å². The number of pyridine rings is 1. The SMILES string of the molecule is CCOc1ccc([N+](=O)[O-])c(OCCCBr)n1. The van der Waals surface area contributed by atoms with Crippen LogP contribution in [0.1, 0.15) is 13.3 Å². The van der Waals surface area contributed by atoms with Gasteiger partial charge in [-0.25, -0.2) is 0 Å². The van der Waals surface area contributed by atoms with Crippen molar-refractivity contribution in [2.45, 2.75) is 13.3 Å². The van der Waals surface area contributed by atoms with Gasteiger partial charge in [0.1, 0.15) is 0 Å². The van der Waals surface area contributed by atoms with Crippen LogP contribution < -0.4 is 9.47 Å². The van der Waals surface area contributed by atoms with Crippen LogP contribution >= 0.6 is 15.9 Å². The van der Waals surface area contributed by atoms with Crippen molar-refractivity contribution in [3.63, 3.8) is 0 Å². The van der Waals surface area contributed by atoms with E-state index in [1.165, 1.54) is 12.1 Å². The van der Waals surface area contributed by atoms with Gasteiger partial charge < -0.3 is 9.47 Å². The highest BCUT2D eigenvalue weighted by molar-refractivity contribution is 9.09. The molecule has 0 aliphatic carbocycles. The maximum atomic E-state index is 10.8. The molecule has 0 fully saturated rings. The smallest absolute Gasteiger partial charge is 0.331 e. The summed E-state index contributed by atoms with van der Waals surface area (Å²) in [5, 5.41) is 11.5. The first-order chi connectivity index (χ1) is 8.19. The molecular weight excluding hydrogens is 292 g/mol. The van der Waals surface area contributed by atoms with E-state index in [2.05, 4.69) is 20.9 Å². The number of aromatic nitrogens is 1. The Morgan fingerprint density at radius 3 is 2.82 bits per heavy atom. The zero-order chi connectivity index (χ0) is 12.7. The molecule has 0 saturated carbocycles. The van der Waals surface area contributed by atoms with Crippen molar-refractivity contribution < 1.29 is 14.4 Å². The summed E-state index contributed by atoms with van der Waals surface area (Å²) < 4.78 is 10.4. The number of nitrogens with zero attached hydrogens (tertiary/aromatic N) is 2. The first-order valence-corrected chi connectivity index (χ1v) is 6.28. The van der Waals surface area contributed by atoms with Crippen molar-refractivity contribution >= 4 is 21.6 Å². The van der Waals surface area contributed by atoms with Gasteiger partial charge in [0.05, 0.1) is 18.1 Å². The van der Waals surface area contributed by atoms with Crippen molar-refractivity contribution in [3.8, 4) is 11.8 Å². The summed E-state index contributed by atoms with van der Waals surface area (Å²) in [4.78, 5) is 14.2. The number of alkyl halides is 1. The van der Waals surface area contributed by atoms with Crippen molar-refractivity contribution in [1.82, 2.24) is 4.98 Å². The van der Waals surface area contributed by atoms with E-state index in [1.807, 2.05) is 6.92 Å². The van der Waals surface area contributed by atoms with Crippen molar-refractivity contribution in [3.05, 3.63) is 22.2 Å². The van der Waals surface area contributed by atoms with Crippen molar-refractivity contribution in [1.29, 1.82) is 0 Å². The van der Waals surface area contributed by atoms with Gasteiger partial charge in [0.25, 0.3) is 5.88 Å². The number of ether oxygens (including phenoxy) is 2. The molecule has 7 heteroatoms. The molecule has 94 valence electrons. The number of hydrogen-bond donors (Lipinski definition) is 0. The predicted octanol–water partition coefficient (Wildman–Crippen LogP) is 2.55. The van der Waals surface area contributed by atoms with Gasteiger partial charge in [0.15, 0.2) is 0 Å². The molecule has 1 heterocycles. The topological polar surface area (TPSA) is 74.5 Å². The second-order valence-electron chi connectivity index (χ2n) is 3.05. The molecule has 0 aliphatic heterocycles. The quantitative estimate of drug-likeness (QED) is 0.335. The zero-order valence-electron chi connectivity index (χ0n) is 9.39. The summed E-state index contributed by atoms with van der Waals surface area (Å²) in [6, 6.07) is 2.79. The van der Waals surface area contributed by atoms with Crippen LogP contribution in [0.2, 0.25) is 0 Å². The largest absolute Gasteiger partial charge is 0.478 e.